The number of amides is 1. The number of nitrogens with zero attached hydrogens (tertiary/aromatic N) is 4. The van der Waals surface area contributed by atoms with Gasteiger partial charge in [-0.25, -0.2) is 9.97 Å². The lowest BCUT2D eigenvalue weighted by Crippen LogP contribution is -2.25. The molecule has 3 rings (SSSR count). The van der Waals surface area contributed by atoms with Crippen molar-refractivity contribution in [3.63, 3.8) is 0 Å². The molecule has 0 aliphatic heterocycles. The van der Waals surface area contributed by atoms with E-state index in [0.717, 1.165) is 18.7 Å². The van der Waals surface area contributed by atoms with Gasteiger partial charge in [-0.2, -0.15) is 0 Å². The zero-order valence-corrected chi connectivity index (χ0v) is 12.5. The van der Waals surface area contributed by atoms with Crippen molar-refractivity contribution in [3.8, 4) is 0 Å². The highest BCUT2D eigenvalue weighted by atomic mass is 16.5. The Balaban J connectivity index is 1.68. The van der Waals surface area contributed by atoms with E-state index in [9.17, 15) is 4.79 Å². The third kappa shape index (κ3) is 2.83. The molecule has 0 spiro atoms. The maximum Gasteiger partial charge on any atom is 0.258 e. The van der Waals surface area contributed by atoms with Gasteiger partial charge < -0.3 is 14.4 Å². The Hall–Kier alpha value is -2.70. The lowest BCUT2D eigenvalue weighted by atomic mass is 10.1. The Bertz CT molecular complexity index is 792. The van der Waals surface area contributed by atoms with Gasteiger partial charge >= 0.3 is 0 Å². The highest BCUT2D eigenvalue weighted by molar-refractivity contribution is 6.05. The van der Waals surface area contributed by atoms with E-state index < -0.39 is 0 Å². The first-order chi connectivity index (χ1) is 10.6. The molecule has 7 heteroatoms. The number of aromatic nitrogens is 4. The fourth-order valence-corrected chi connectivity index (χ4v) is 2.37. The van der Waals surface area contributed by atoms with Gasteiger partial charge in [-0.3, -0.25) is 4.79 Å². The van der Waals surface area contributed by atoms with E-state index in [1.165, 1.54) is 0 Å². The van der Waals surface area contributed by atoms with Gasteiger partial charge in [-0.05, 0) is 26.3 Å². The van der Waals surface area contributed by atoms with Crippen molar-refractivity contribution >= 4 is 17.0 Å². The highest BCUT2D eigenvalue weighted by Gasteiger charge is 2.17. The summed E-state index contributed by atoms with van der Waals surface area (Å²) >= 11 is 0. The van der Waals surface area contributed by atoms with E-state index in [-0.39, 0.29) is 5.91 Å². The van der Waals surface area contributed by atoms with Crippen molar-refractivity contribution < 1.29 is 9.32 Å². The maximum absolute atomic E-state index is 12.4. The van der Waals surface area contributed by atoms with Crippen LogP contribution in [0.15, 0.2) is 29.3 Å². The van der Waals surface area contributed by atoms with Gasteiger partial charge in [0.15, 0.2) is 0 Å². The van der Waals surface area contributed by atoms with Crippen LogP contribution in [-0.2, 0) is 6.54 Å². The first-order valence-electron chi connectivity index (χ1n) is 7.12. The summed E-state index contributed by atoms with van der Waals surface area (Å²) in [5.41, 5.74) is 2.36. The van der Waals surface area contributed by atoms with Crippen molar-refractivity contribution in [2.75, 3.05) is 6.54 Å². The summed E-state index contributed by atoms with van der Waals surface area (Å²) in [6.07, 6.45) is 6.23. The van der Waals surface area contributed by atoms with Gasteiger partial charge in [-0.1, -0.05) is 5.16 Å². The number of imidazole rings is 1. The number of aryl methyl sites for hydroxylation is 3. The minimum absolute atomic E-state index is 0.132. The number of carbonyl (C=O) groups excluding carboxylic acids is 1. The minimum atomic E-state index is -0.132. The Morgan fingerprint density at radius 1 is 1.41 bits per heavy atom. The van der Waals surface area contributed by atoms with Crippen molar-refractivity contribution in [3.05, 3.63) is 41.7 Å². The SMILES string of the molecule is Cc1cc(C(=O)NCCCn2ccnc2)c2c(C)noc2n1. The molecule has 114 valence electrons. The molecule has 3 aromatic rings. The van der Waals surface area contributed by atoms with Crippen molar-refractivity contribution in [1.29, 1.82) is 0 Å². The van der Waals surface area contributed by atoms with Crippen LogP contribution in [0.4, 0.5) is 0 Å². The lowest BCUT2D eigenvalue weighted by molar-refractivity contribution is 0.0954. The molecule has 22 heavy (non-hydrogen) atoms. The molecule has 0 atom stereocenters. The highest BCUT2D eigenvalue weighted by Crippen LogP contribution is 2.21. The summed E-state index contributed by atoms with van der Waals surface area (Å²) in [6.45, 7) is 5.04. The van der Waals surface area contributed by atoms with Crippen LogP contribution in [0.2, 0.25) is 0 Å². The summed E-state index contributed by atoms with van der Waals surface area (Å²) in [5.74, 6) is -0.132. The molecular formula is C15H17N5O2. The number of carbonyl (C=O) groups is 1. The van der Waals surface area contributed by atoms with E-state index in [1.54, 1.807) is 25.5 Å². The molecule has 0 unspecified atom stereocenters. The zero-order valence-electron chi connectivity index (χ0n) is 12.5. The van der Waals surface area contributed by atoms with Gasteiger partial charge in [0.05, 0.1) is 23.0 Å². The minimum Gasteiger partial charge on any atom is -0.352 e. The quantitative estimate of drug-likeness (QED) is 0.727. The van der Waals surface area contributed by atoms with Crippen LogP contribution in [0.5, 0.6) is 0 Å². The fraction of sp³-hybridized carbons (Fsp3) is 0.333. The lowest BCUT2D eigenvalue weighted by Gasteiger charge is -2.07. The summed E-state index contributed by atoms with van der Waals surface area (Å²) in [6, 6.07) is 1.76. The second-order valence-electron chi connectivity index (χ2n) is 5.17. The number of hydrogen-bond donors (Lipinski definition) is 1. The number of nitrogens with one attached hydrogen (secondary N) is 1. The third-order valence-corrected chi connectivity index (χ3v) is 3.43. The fourth-order valence-electron chi connectivity index (χ4n) is 2.37. The van der Waals surface area contributed by atoms with Crippen LogP contribution in [0, 0.1) is 13.8 Å². The molecule has 0 aromatic carbocycles. The van der Waals surface area contributed by atoms with E-state index in [4.69, 9.17) is 4.52 Å². The standard InChI is InChI=1S/C15H17N5O2/c1-10-8-12(13-11(2)19-22-15(13)18-10)14(21)17-4-3-6-20-7-5-16-9-20/h5,7-9H,3-4,6H2,1-2H3,(H,17,21). The molecular weight excluding hydrogens is 282 g/mol. The maximum atomic E-state index is 12.4. The van der Waals surface area contributed by atoms with E-state index in [1.807, 2.05) is 17.7 Å². The second kappa shape index (κ2) is 5.97. The first-order valence-corrected chi connectivity index (χ1v) is 7.12. The molecule has 3 aromatic heterocycles. The van der Waals surface area contributed by atoms with Gasteiger partial charge in [0.2, 0.25) is 0 Å². The van der Waals surface area contributed by atoms with Crippen LogP contribution >= 0.6 is 0 Å². The number of fused-ring (bicyclic) bond motifs is 1. The molecule has 0 radical (unpaired) electrons. The van der Waals surface area contributed by atoms with E-state index in [2.05, 4.69) is 20.4 Å². The summed E-state index contributed by atoms with van der Waals surface area (Å²) in [5, 5.41) is 7.49. The largest absolute Gasteiger partial charge is 0.352 e. The van der Waals surface area contributed by atoms with Crippen LogP contribution in [0.25, 0.3) is 11.1 Å². The van der Waals surface area contributed by atoms with Crippen molar-refractivity contribution in [2.24, 2.45) is 0 Å². The average molecular weight is 299 g/mol. The van der Waals surface area contributed by atoms with Gasteiger partial charge in [0.25, 0.3) is 11.6 Å². The van der Waals surface area contributed by atoms with Crippen molar-refractivity contribution in [1.82, 2.24) is 25.0 Å². The Morgan fingerprint density at radius 2 is 2.27 bits per heavy atom. The molecule has 1 N–H and O–H groups in total. The molecule has 0 bridgehead atoms. The van der Waals surface area contributed by atoms with Gasteiger partial charge in [-0.15, -0.1) is 0 Å². The molecule has 0 saturated carbocycles. The summed E-state index contributed by atoms with van der Waals surface area (Å²) < 4.78 is 7.12. The van der Waals surface area contributed by atoms with Crippen LogP contribution in [0.3, 0.4) is 0 Å². The zero-order chi connectivity index (χ0) is 15.5. The van der Waals surface area contributed by atoms with E-state index >= 15 is 0 Å². The molecule has 0 aliphatic rings. The van der Waals surface area contributed by atoms with Crippen molar-refractivity contribution in [2.45, 2.75) is 26.8 Å². The summed E-state index contributed by atoms with van der Waals surface area (Å²) in [4.78, 5) is 20.6. The number of rotatable bonds is 5. The third-order valence-electron chi connectivity index (χ3n) is 3.43. The molecule has 0 aliphatic carbocycles. The molecule has 0 fully saturated rings. The average Bonchev–Trinajstić information content (AvgIpc) is 3.13. The molecule has 0 saturated heterocycles. The van der Waals surface area contributed by atoms with Gasteiger partial charge in [0.1, 0.15) is 0 Å². The predicted octanol–water partition coefficient (Wildman–Crippen LogP) is 1.86. The Morgan fingerprint density at radius 3 is 3.05 bits per heavy atom. The monoisotopic (exact) mass is 299 g/mol. The molecule has 7 nitrogen and oxygen atoms in total. The first kappa shape index (κ1) is 14.2. The van der Waals surface area contributed by atoms with Crippen LogP contribution in [0.1, 0.15) is 28.2 Å². The smallest absolute Gasteiger partial charge is 0.258 e. The molecule has 1 amide bonds. The number of hydrogen-bond acceptors (Lipinski definition) is 5. The Labute approximate surface area is 127 Å². The summed E-state index contributed by atoms with van der Waals surface area (Å²) in [7, 11) is 0. The van der Waals surface area contributed by atoms with Gasteiger partial charge in [0, 0.05) is 31.2 Å². The normalized spacial score (nSPS) is 11.0. The number of pyridine rings is 1. The molecule has 3 heterocycles. The topological polar surface area (TPSA) is 85.8 Å². The van der Waals surface area contributed by atoms with Crippen LogP contribution < -0.4 is 5.32 Å². The predicted molar refractivity (Wildman–Crippen MR) is 80.5 cm³/mol. The van der Waals surface area contributed by atoms with E-state index in [0.29, 0.717) is 28.9 Å². The second-order valence-corrected chi connectivity index (χ2v) is 5.17. The van der Waals surface area contributed by atoms with Crippen LogP contribution in [-0.4, -0.2) is 32.1 Å². The Kier molecular flexibility index (Phi) is 3.86.